The Hall–Kier alpha value is -1.92. The Balaban J connectivity index is 1.30. The average Bonchev–Trinajstić information content (AvgIpc) is 3.42. The zero-order valence-corrected chi connectivity index (χ0v) is 30.0. The Kier molecular flexibility index (Phi) is 8.16. The molecule has 4 saturated carbocycles. The summed E-state index contributed by atoms with van der Waals surface area (Å²) in [6.45, 7) is 20.7. The predicted molar refractivity (Wildman–Crippen MR) is 180 cm³/mol. The van der Waals surface area contributed by atoms with E-state index in [1.54, 1.807) is 6.92 Å². The van der Waals surface area contributed by atoms with Crippen LogP contribution in [0.4, 0.5) is 0 Å². The van der Waals surface area contributed by atoms with Crippen molar-refractivity contribution in [2.24, 2.45) is 56.2 Å². The number of allylic oxidation sites excluding steroid dienone is 4. The predicted octanol–water partition coefficient (Wildman–Crippen LogP) is 8.64. The van der Waals surface area contributed by atoms with Gasteiger partial charge in [0.05, 0.1) is 30.1 Å². The van der Waals surface area contributed by atoms with Crippen LogP contribution in [0.25, 0.3) is 0 Å². The number of carbonyl (C=O) groups excluding carboxylic acids is 1. The fourth-order valence-corrected chi connectivity index (χ4v) is 12.5. The summed E-state index contributed by atoms with van der Waals surface area (Å²) in [6.07, 6.45) is 14.4. The van der Waals surface area contributed by atoms with E-state index in [9.17, 15) is 19.8 Å². The molecule has 0 bridgehead atoms. The van der Waals surface area contributed by atoms with Gasteiger partial charge in [0.2, 0.25) is 0 Å². The van der Waals surface area contributed by atoms with E-state index in [-0.39, 0.29) is 45.8 Å². The number of rotatable bonds is 4. The Morgan fingerprint density at radius 2 is 1.70 bits per heavy atom. The molecule has 6 heteroatoms. The molecular formula is C40H60O6. The summed E-state index contributed by atoms with van der Waals surface area (Å²) >= 11 is 0. The molecule has 10 atom stereocenters. The first-order valence-corrected chi connectivity index (χ1v) is 18.1. The molecule has 5 fully saturated rings. The van der Waals surface area contributed by atoms with Crippen LogP contribution in [0, 0.1) is 56.2 Å². The molecule has 1 aliphatic heterocycles. The van der Waals surface area contributed by atoms with Crippen LogP contribution in [0.2, 0.25) is 0 Å². The SMILES string of the molecule is C/C=C1\CO[C@@H](/C=C(\C)OC(=O)[C@H]2C[C@]3(C(=O)O)CC[C@]4(C)C(=CC[C@@H]5[C@@]6(C)CC[C@H](O)C(C)(C)[C@H]6CC[C@]54C)[C@@H]3CC2(C)C)C1. The van der Waals surface area contributed by atoms with Crippen molar-refractivity contribution < 1.29 is 29.3 Å². The van der Waals surface area contributed by atoms with Crippen molar-refractivity contribution in [3.8, 4) is 0 Å². The third-order valence-electron chi connectivity index (χ3n) is 15.6. The molecule has 6 aliphatic rings. The molecule has 0 spiro atoms. The molecule has 1 heterocycles. The van der Waals surface area contributed by atoms with Crippen LogP contribution < -0.4 is 0 Å². The van der Waals surface area contributed by atoms with Crippen molar-refractivity contribution in [3.63, 3.8) is 0 Å². The van der Waals surface area contributed by atoms with Crippen molar-refractivity contribution in [2.75, 3.05) is 6.61 Å². The highest BCUT2D eigenvalue weighted by atomic mass is 16.5. The van der Waals surface area contributed by atoms with E-state index in [4.69, 9.17) is 9.47 Å². The first-order chi connectivity index (χ1) is 21.4. The highest BCUT2D eigenvalue weighted by molar-refractivity contribution is 5.80. The molecule has 46 heavy (non-hydrogen) atoms. The molecule has 0 amide bonds. The summed E-state index contributed by atoms with van der Waals surface area (Å²) in [5.41, 5.74) is 1.22. The molecule has 6 rings (SSSR count). The van der Waals surface area contributed by atoms with Crippen molar-refractivity contribution in [1.82, 2.24) is 0 Å². The molecular weight excluding hydrogens is 576 g/mol. The van der Waals surface area contributed by atoms with Gasteiger partial charge < -0.3 is 19.7 Å². The summed E-state index contributed by atoms with van der Waals surface area (Å²) in [5, 5.41) is 22.1. The number of aliphatic hydroxyl groups excluding tert-OH is 1. The second-order valence-electron chi connectivity index (χ2n) is 18.3. The molecule has 2 N–H and O–H groups in total. The van der Waals surface area contributed by atoms with Crippen LogP contribution in [0.3, 0.4) is 0 Å². The topological polar surface area (TPSA) is 93.1 Å². The summed E-state index contributed by atoms with van der Waals surface area (Å²) in [6, 6.07) is 0. The lowest BCUT2D eigenvalue weighted by Gasteiger charge is -2.71. The highest BCUT2D eigenvalue weighted by Gasteiger charge is 2.70. The Labute approximate surface area is 277 Å². The molecule has 0 aromatic rings. The maximum Gasteiger partial charge on any atom is 0.314 e. The van der Waals surface area contributed by atoms with Crippen LogP contribution in [-0.4, -0.2) is 41.0 Å². The number of hydrogen-bond donors (Lipinski definition) is 2. The Morgan fingerprint density at radius 1 is 0.978 bits per heavy atom. The maximum atomic E-state index is 13.8. The van der Waals surface area contributed by atoms with Gasteiger partial charge in [-0.25, -0.2) is 0 Å². The average molecular weight is 637 g/mol. The highest BCUT2D eigenvalue weighted by Crippen LogP contribution is 2.76. The zero-order chi connectivity index (χ0) is 33.7. The molecule has 6 nitrogen and oxygen atoms in total. The minimum Gasteiger partial charge on any atom is -0.481 e. The van der Waals surface area contributed by atoms with Crippen molar-refractivity contribution in [3.05, 3.63) is 35.1 Å². The normalized spacial score (nSPS) is 47.1. The zero-order valence-electron chi connectivity index (χ0n) is 30.0. The number of carboxylic acids is 1. The number of aliphatic carboxylic acids is 1. The summed E-state index contributed by atoms with van der Waals surface area (Å²) < 4.78 is 11.8. The van der Waals surface area contributed by atoms with Crippen LogP contribution in [0.1, 0.15) is 127 Å². The van der Waals surface area contributed by atoms with Gasteiger partial charge in [0.1, 0.15) is 5.76 Å². The number of carboxylic acid groups (broad SMARTS) is 1. The monoisotopic (exact) mass is 636 g/mol. The number of esters is 1. The van der Waals surface area contributed by atoms with E-state index < -0.39 is 22.7 Å². The summed E-state index contributed by atoms with van der Waals surface area (Å²) in [5.74, 6) is -0.163. The molecule has 0 unspecified atom stereocenters. The van der Waals surface area contributed by atoms with Gasteiger partial charge in [-0.15, -0.1) is 0 Å². The van der Waals surface area contributed by atoms with Gasteiger partial charge in [-0.3, -0.25) is 9.59 Å². The van der Waals surface area contributed by atoms with Gasteiger partial charge in [-0.1, -0.05) is 66.2 Å². The minimum absolute atomic E-state index is 0.0579. The van der Waals surface area contributed by atoms with Gasteiger partial charge >= 0.3 is 11.9 Å². The lowest BCUT2D eigenvalue weighted by Crippen LogP contribution is -2.65. The van der Waals surface area contributed by atoms with E-state index in [2.05, 4.69) is 60.6 Å². The second-order valence-corrected chi connectivity index (χ2v) is 18.3. The van der Waals surface area contributed by atoms with Crippen molar-refractivity contribution in [2.45, 2.75) is 139 Å². The summed E-state index contributed by atoms with van der Waals surface area (Å²) in [7, 11) is 0. The van der Waals surface area contributed by atoms with Gasteiger partial charge in [0.25, 0.3) is 0 Å². The first kappa shape index (κ1) is 34.0. The van der Waals surface area contributed by atoms with E-state index >= 15 is 0 Å². The van der Waals surface area contributed by atoms with Crippen LogP contribution in [0.5, 0.6) is 0 Å². The largest absolute Gasteiger partial charge is 0.481 e. The molecule has 5 aliphatic carbocycles. The molecule has 1 saturated heterocycles. The fraction of sp³-hybridized carbons (Fsp3) is 0.800. The number of carbonyl (C=O) groups is 2. The van der Waals surface area contributed by atoms with Gasteiger partial charge in [0, 0.05) is 6.42 Å². The van der Waals surface area contributed by atoms with Crippen LogP contribution >= 0.6 is 0 Å². The molecule has 0 aromatic carbocycles. The number of fused-ring (bicyclic) bond motifs is 7. The second kappa shape index (κ2) is 11.1. The maximum absolute atomic E-state index is 13.8. The van der Waals surface area contributed by atoms with Gasteiger partial charge in [-0.2, -0.15) is 0 Å². The number of aliphatic hydroxyl groups is 1. The van der Waals surface area contributed by atoms with E-state index in [1.165, 1.54) is 11.1 Å². The third kappa shape index (κ3) is 4.76. The quantitative estimate of drug-likeness (QED) is 0.182. The first-order valence-electron chi connectivity index (χ1n) is 18.1. The molecule has 0 radical (unpaired) electrons. The van der Waals surface area contributed by atoms with Crippen LogP contribution in [-0.2, 0) is 19.1 Å². The van der Waals surface area contributed by atoms with Crippen LogP contribution in [0.15, 0.2) is 35.1 Å². The fourth-order valence-electron chi connectivity index (χ4n) is 12.5. The number of hydrogen-bond acceptors (Lipinski definition) is 5. The van der Waals surface area contributed by atoms with Crippen molar-refractivity contribution in [1.29, 1.82) is 0 Å². The lowest BCUT2D eigenvalue weighted by atomic mass is 9.33. The van der Waals surface area contributed by atoms with E-state index in [0.29, 0.717) is 43.5 Å². The number of ether oxygens (including phenoxy) is 2. The van der Waals surface area contributed by atoms with E-state index in [0.717, 1.165) is 44.9 Å². The Morgan fingerprint density at radius 3 is 2.35 bits per heavy atom. The van der Waals surface area contributed by atoms with Crippen molar-refractivity contribution >= 4 is 11.9 Å². The molecule has 0 aromatic heterocycles. The standard InChI is InChI=1S/C40H60O6/c1-10-25-20-26(45-23-25)19-24(2)46-33(42)29-22-40(34(43)44)18-17-38(8)27(28(40)21-35(29,3)4)11-12-31-37(7)15-14-32(41)36(5,6)30(37)13-16-39(31,38)9/h10-11,19,26,28-32,41H,12-18,20-23H2,1-9H3,(H,43,44)/b24-19+,25-10-/t26-,28-,29+,30+,31+,32-,37-,38+,39+,40+/m0/s1. The Bertz CT molecular complexity index is 1370. The van der Waals surface area contributed by atoms with Gasteiger partial charge in [-0.05, 0) is 128 Å². The minimum atomic E-state index is -0.973. The molecule has 256 valence electrons. The third-order valence-corrected chi connectivity index (χ3v) is 15.6. The summed E-state index contributed by atoms with van der Waals surface area (Å²) in [4.78, 5) is 27.3. The van der Waals surface area contributed by atoms with E-state index in [1.807, 2.05) is 13.0 Å². The van der Waals surface area contributed by atoms with Gasteiger partial charge in [0.15, 0.2) is 0 Å². The lowest BCUT2D eigenvalue weighted by molar-refractivity contribution is -0.207. The smallest absolute Gasteiger partial charge is 0.314 e.